The van der Waals surface area contributed by atoms with Crippen molar-refractivity contribution in [2.75, 3.05) is 6.54 Å². The van der Waals surface area contributed by atoms with Gasteiger partial charge in [-0.2, -0.15) is 0 Å². The first kappa shape index (κ1) is 14.1. The van der Waals surface area contributed by atoms with E-state index in [4.69, 9.17) is 0 Å². The molecular weight excluding hydrogens is 239 g/mol. The van der Waals surface area contributed by atoms with Gasteiger partial charge in [0.15, 0.2) is 0 Å². The highest BCUT2D eigenvalue weighted by molar-refractivity contribution is 5.80. The quantitative estimate of drug-likeness (QED) is 0.807. The molecule has 3 heteroatoms. The lowest BCUT2D eigenvalue weighted by Crippen LogP contribution is -2.36. The van der Waals surface area contributed by atoms with Gasteiger partial charge in [0.2, 0.25) is 0 Å². The third-order valence-corrected chi connectivity index (χ3v) is 3.21. The average Bonchev–Trinajstić information content (AvgIpc) is 2.69. The molecule has 0 saturated heterocycles. The lowest BCUT2D eigenvalue weighted by Gasteiger charge is -2.20. The number of nitrogens with zero attached hydrogens (tertiary/aromatic N) is 1. The van der Waals surface area contributed by atoms with E-state index in [1.165, 1.54) is 6.07 Å². The first-order chi connectivity index (χ1) is 8.96. The Bertz CT molecular complexity index is 537. The molecule has 0 unspecified atom stereocenters. The smallest absolute Gasteiger partial charge is 0.123 e. The predicted molar refractivity (Wildman–Crippen MR) is 78.9 cm³/mol. The maximum Gasteiger partial charge on any atom is 0.123 e. The van der Waals surface area contributed by atoms with Gasteiger partial charge in [0.25, 0.3) is 0 Å². The van der Waals surface area contributed by atoms with Crippen LogP contribution >= 0.6 is 0 Å². The Morgan fingerprint density at radius 3 is 2.68 bits per heavy atom. The minimum absolute atomic E-state index is 0.167. The van der Waals surface area contributed by atoms with Crippen LogP contribution in [0.15, 0.2) is 30.5 Å². The van der Waals surface area contributed by atoms with Crippen LogP contribution in [0.1, 0.15) is 33.6 Å². The summed E-state index contributed by atoms with van der Waals surface area (Å²) in [4.78, 5) is 0. The van der Waals surface area contributed by atoms with E-state index < -0.39 is 0 Å². The molecule has 104 valence electrons. The summed E-state index contributed by atoms with van der Waals surface area (Å²) < 4.78 is 15.3. The third kappa shape index (κ3) is 4.06. The molecule has 2 rings (SSSR count). The van der Waals surface area contributed by atoms with Crippen molar-refractivity contribution in [3.8, 4) is 0 Å². The summed E-state index contributed by atoms with van der Waals surface area (Å²) in [5, 5.41) is 4.47. The maximum atomic E-state index is 13.1. The molecule has 0 aliphatic rings. The van der Waals surface area contributed by atoms with Gasteiger partial charge in [-0.05, 0) is 64.4 Å². The summed E-state index contributed by atoms with van der Waals surface area (Å²) >= 11 is 0. The zero-order valence-electron chi connectivity index (χ0n) is 12.0. The lowest BCUT2D eigenvalue weighted by atomic mass is 10.1. The molecule has 0 amide bonds. The fourth-order valence-electron chi connectivity index (χ4n) is 2.24. The summed E-state index contributed by atoms with van der Waals surface area (Å²) in [7, 11) is 0. The minimum atomic E-state index is -0.167. The molecule has 1 aromatic heterocycles. The highest BCUT2D eigenvalue weighted by atomic mass is 19.1. The van der Waals surface area contributed by atoms with Crippen molar-refractivity contribution in [2.45, 2.75) is 45.7 Å². The van der Waals surface area contributed by atoms with Gasteiger partial charge < -0.3 is 9.88 Å². The molecule has 0 fully saturated rings. The second-order valence-electron chi connectivity index (χ2n) is 6.10. The second kappa shape index (κ2) is 5.74. The van der Waals surface area contributed by atoms with Crippen LogP contribution in [-0.4, -0.2) is 16.7 Å². The van der Waals surface area contributed by atoms with Crippen LogP contribution in [0, 0.1) is 5.82 Å². The predicted octanol–water partition coefficient (Wildman–Crippen LogP) is 3.95. The van der Waals surface area contributed by atoms with Gasteiger partial charge in [0.1, 0.15) is 5.82 Å². The first-order valence-corrected chi connectivity index (χ1v) is 6.95. The van der Waals surface area contributed by atoms with Crippen molar-refractivity contribution in [3.63, 3.8) is 0 Å². The van der Waals surface area contributed by atoms with Crippen LogP contribution in [0.5, 0.6) is 0 Å². The number of aryl methyl sites for hydroxylation is 1. The van der Waals surface area contributed by atoms with E-state index in [2.05, 4.69) is 30.7 Å². The Balaban J connectivity index is 1.85. The van der Waals surface area contributed by atoms with Crippen molar-refractivity contribution in [2.24, 2.45) is 0 Å². The van der Waals surface area contributed by atoms with Gasteiger partial charge in [-0.15, -0.1) is 0 Å². The number of rotatable bonds is 5. The molecule has 0 saturated carbocycles. The Morgan fingerprint density at radius 1 is 1.16 bits per heavy atom. The number of hydrogen-bond acceptors (Lipinski definition) is 1. The van der Waals surface area contributed by atoms with Crippen molar-refractivity contribution < 1.29 is 4.39 Å². The van der Waals surface area contributed by atoms with Crippen molar-refractivity contribution in [1.29, 1.82) is 0 Å². The van der Waals surface area contributed by atoms with Gasteiger partial charge >= 0.3 is 0 Å². The average molecular weight is 262 g/mol. The standard InChI is InChI=1S/C16H23FN2/c1-16(2,3)18-9-4-5-10-19-11-8-13-12-14(17)6-7-15(13)19/h6-8,11-12,18H,4-5,9-10H2,1-3H3. The monoisotopic (exact) mass is 262 g/mol. The summed E-state index contributed by atoms with van der Waals surface area (Å²) in [5.41, 5.74) is 1.31. The van der Waals surface area contributed by atoms with Crippen LogP contribution in [0.25, 0.3) is 10.9 Å². The molecule has 1 N–H and O–H groups in total. The molecule has 0 aliphatic carbocycles. The molecule has 0 radical (unpaired) electrons. The SMILES string of the molecule is CC(C)(C)NCCCCn1ccc2cc(F)ccc21. The molecule has 0 bridgehead atoms. The summed E-state index contributed by atoms with van der Waals surface area (Å²) in [6, 6.07) is 6.96. The van der Waals surface area contributed by atoms with E-state index in [1.54, 1.807) is 6.07 Å². The van der Waals surface area contributed by atoms with Gasteiger partial charge in [-0.1, -0.05) is 0 Å². The number of nitrogens with one attached hydrogen (secondary N) is 1. The molecule has 19 heavy (non-hydrogen) atoms. The third-order valence-electron chi connectivity index (χ3n) is 3.21. The number of fused-ring (bicyclic) bond motifs is 1. The minimum Gasteiger partial charge on any atom is -0.347 e. The summed E-state index contributed by atoms with van der Waals surface area (Å²) in [6.45, 7) is 8.57. The van der Waals surface area contributed by atoms with Crippen molar-refractivity contribution >= 4 is 10.9 Å². The first-order valence-electron chi connectivity index (χ1n) is 6.95. The second-order valence-corrected chi connectivity index (χ2v) is 6.10. The van der Waals surface area contributed by atoms with Crippen LogP contribution in [0.3, 0.4) is 0 Å². The Hall–Kier alpha value is -1.35. The van der Waals surface area contributed by atoms with E-state index in [0.717, 1.165) is 36.8 Å². The highest BCUT2D eigenvalue weighted by Gasteiger charge is 2.07. The molecular formula is C16H23FN2. The Kier molecular flexibility index (Phi) is 4.25. The van der Waals surface area contributed by atoms with Gasteiger partial charge in [0.05, 0.1) is 0 Å². The maximum absolute atomic E-state index is 13.1. The Labute approximate surface area is 114 Å². The van der Waals surface area contributed by atoms with Gasteiger partial charge in [-0.3, -0.25) is 0 Å². The van der Waals surface area contributed by atoms with E-state index in [1.807, 2.05) is 18.3 Å². The molecule has 2 aromatic rings. The van der Waals surface area contributed by atoms with E-state index in [0.29, 0.717) is 0 Å². The number of unbranched alkanes of at least 4 members (excludes halogenated alkanes) is 1. The number of halogens is 1. The summed E-state index contributed by atoms with van der Waals surface area (Å²) in [5.74, 6) is -0.167. The lowest BCUT2D eigenvalue weighted by molar-refractivity contribution is 0.415. The fourth-order valence-corrected chi connectivity index (χ4v) is 2.24. The zero-order chi connectivity index (χ0) is 13.9. The van der Waals surface area contributed by atoms with Crippen molar-refractivity contribution in [1.82, 2.24) is 9.88 Å². The molecule has 2 nitrogen and oxygen atoms in total. The van der Waals surface area contributed by atoms with Crippen LogP contribution in [0.2, 0.25) is 0 Å². The molecule has 1 aromatic carbocycles. The number of hydrogen-bond donors (Lipinski definition) is 1. The summed E-state index contributed by atoms with van der Waals surface area (Å²) in [6.07, 6.45) is 4.32. The molecule has 1 heterocycles. The van der Waals surface area contributed by atoms with E-state index in [-0.39, 0.29) is 11.4 Å². The Morgan fingerprint density at radius 2 is 1.95 bits per heavy atom. The fraction of sp³-hybridized carbons (Fsp3) is 0.500. The van der Waals surface area contributed by atoms with Crippen molar-refractivity contribution in [3.05, 3.63) is 36.3 Å². The van der Waals surface area contributed by atoms with E-state index in [9.17, 15) is 4.39 Å². The normalized spacial score (nSPS) is 12.2. The molecule has 0 atom stereocenters. The molecule has 0 spiro atoms. The van der Waals surface area contributed by atoms with Crippen LogP contribution < -0.4 is 5.32 Å². The number of aromatic nitrogens is 1. The van der Waals surface area contributed by atoms with Crippen LogP contribution in [-0.2, 0) is 6.54 Å². The van der Waals surface area contributed by atoms with Gasteiger partial charge in [-0.25, -0.2) is 4.39 Å². The zero-order valence-corrected chi connectivity index (χ0v) is 12.0. The topological polar surface area (TPSA) is 17.0 Å². The number of benzene rings is 1. The van der Waals surface area contributed by atoms with E-state index >= 15 is 0 Å². The molecule has 0 aliphatic heterocycles. The van der Waals surface area contributed by atoms with Crippen LogP contribution in [0.4, 0.5) is 4.39 Å². The largest absolute Gasteiger partial charge is 0.347 e. The highest BCUT2D eigenvalue weighted by Crippen LogP contribution is 2.17. The van der Waals surface area contributed by atoms with Gasteiger partial charge in [0, 0.05) is 29.2 Å².